The summed E-state index contributed by atoms with van der Waals surface area (Å²) in [6, 6.07) is 13.7. The standard InChI is InChI=1S/C27H32N4O3/c1-2-3-4-5-9-16-32-21-13-11-20(12-14-21)23-25(17-28,18-29)26(19-30)22-10-7-6-8-15-27(22,33-23)34-24(26)31/h11-14,22-23,31H,2-10,15-16H2,1H3. The molecule has 2 bridgehead atoms. The molecule has 3 fully saturated rings. The number of hydrogen-bond donors (Lipinski definition) is 1. The summed E-state index contributed by atoms with van der Waals surface area (Å²) in [5, 5.41) is 39.7. The summed E-state index contributed by atoms with van der Waals surface area (Å²) in [5.74, 6) is -1.28. The van der Waals surface area contributed by atoms with Crippen molar-refractivity contribution in [2.75, 3.05) is 6.61 Å². The van der Waals surface area contributed by atoms with Gasteiger partial charge in [0.1, 0.15) is 11.9 Å². The van der Waals surface area contributed by atoms with Crippen LogP contribution in [-0.4, -0.2) is 18.3 Å². The Kier molecular flexibility index (Phi) is 6.83. The zero-order valence-corrected chi connectivity index (χ0v) is 19.8. The van der Waals surface area contributed by atoms with E-state index >= 15 is 0 Å². The van der Waals surface area contributed by atoms with Gasteiger partial charge in [0.25, 0.3) is 0 Å². The van der Waals surface area contributed by atoms with E-state index in [4.69, 9.17) is 19.6 Å². The molecule has 34 heavy (non-hydrogen) atoms. The number of benzene rings is 1. The Labute approximate surface area is 201 Å². The van der Waals surface area contributed by atoms with E-state index in [1.165, 1.54) is 19.3 Å². The quantitative estimate of drug-likeness (QED) is 0.479. The van der Waals surface area contributed by atoms with Crippen LogP contribution in [-0.2, 0) is 9.47 Å². The molecule has 1 aromatic carbocycles. The summed E-state index contributed by atoms with van der Waals surface area (Å²) >= 11 is 0. The van der Waals surface area contributed by atoms with Crippen molar-refractivity contribution in [3.8, 4) is 24.0 Å². The minimum absolute atomic E-state index is 0.310. The molecule has 7 heteroatoms. The first kappa shape index (κ1) is 24.1. The highest BCUT2D eigenvalue weighted by molar-refractivity contribution is 5.89. The molecular formula is C27H32N4O3. The Morgan fingerprint density at radius 1 is 1.00 bits per heavy atom. The Bertz CT molecular complexity index is 1020. The fourth-order valence-electron chi connectivity index (χ4n) is 5.97. The van der Waals surface area contributed by atoms with Gasteiger partial charge in [-0.05, 0) is 37.0 Å². The summed E-state index contributed by atoms with van der Waals surface area (Å²) in [4.78, 5) is 0. The predicted molar refractivity (Wildman–Crippen MR) is 124 cm³/mol. The van der Waals surface area contributed by atoms with Gasteiger partial charge >= 0.3 is 0 Å². The lowest BCUT2D eigenvalue weighted by molar-refractivity contribution is -0.284. The van der Waals surface area contributed by atoms with Crippen molar-refractivity contribution in [3.05, 3.63) is 29.8 Å². The first-order chi connectivity index (χ1) is 16.5. The zero-order chi connectivity index (χ0) is 24.2. The number of nitrogens with zero attached hydrogens (tertiary/aromatic N) is 3. The Balaban J connectivity index is 1.63. The SMILES string of the molecule is CCCCCCCOc1ccc(C2OC34CCCCCC3C(C#N)(C(=N)O4)C2(C#N)C#N)cc1. The molecule has 1 saturated carbocycles. The smallest absolute Gasteiger partial charge is 0.217 e. The second-order valence-corrected chi connectivity index (χ2v) is 9.68. The van der Waals surface area contributed by atoms with Gasteiger partial charge in [0.15, 0.2) is 5.41 Å². The van der Waals surface area contributed by atoms with Gasteiger partial charge in [0.2, 0.25) is 17.1 Å². The zero-order valence-electron chi connectivity index (χ0n) is 19.8. The van der Waals surface area contributed by atoms with Gasteiger partial charge in [-0.3, -0.25) is 5.41 Å². The molecule has 2 heterocycles. The molecule has 178 valence electrons. The first-order valence-corrected chi connectivity index (χ1v) is 12.5. The fraction of sp³-hybridized carbons (Fsp3) is 0.630. The summed E-state index contributed by atoms with van der Waals surface area (Å²) in [6.45, 7) is 2.83. The van der Waals surface area contributed by atoms with Crippen LogP contribution in [0.15, 0.2) is 24.3 Å². The monoisotopic (exact) mass is 460 g/mol. The van der Waals surface area contributed by atoms with Crippen LogP contribution in [0.1, 0.15) is 82.8 Å². The second-order valence-electron chi connectivity index (χ2n) is 9.68. The minimum atomic E-state index is -1.89. The third-order valence-corrected chi connectivity index (χ3v) is 7.77. The molecule has 0 amide bonds. The summed E-state index contributed by atoms with van der Waals surface area (Å²) < 4.78 is 18.4. The van der Waals surface area contributed by atoms with E-state index in [2.05, 4.69) is 25.1 Å². The number of nitriles is 3. The Morgan fingerprint density at radius 2 is 1.74 bits per heavy atom. The molecule has 7 nitrogen and oxygen atoms in total. The van der Waals surface area contributed by atoms with Crippen molar-refractivity contribution >= 4 is 5.90 Å². The molecule has 3 aliphatic rings. The maximum Gasteiger partial charge on any atom is 0.217 e. The summed E-state index contributed by atoms with van der Waals surface area (Å²) in [7, 11) is 0. The lowest BCUT2D eigenvalue weighted by atomic mass is 9.52. The van der Waals surface area contributed by atoms with E-state index < -0.39 is 28.6 Å². The predicted octanol–water partition coefficient (Wildman–Crippen LogP) is 5.93. The molecule has 1 N–H and O–H groups in total. The van der Waals surface area contributed by atoms with E-state index in [0.29, 0.717) is 30.8 Å². The molecule has 1 aromatic rings. The van der Waals surface area contributed by atoms with Crippen molar-refractivity contribution in [1.29, 1.82) is 21.2 Å². The van der Waals surface area contributed by atoms with Crippen molar-refractivity contribution in [3.63, 3.8) is 0 Å². The fourth-order valence-corrected chi connectivity index (χ4v) is 5.97. The van der Waals surface area contributed by atoms with E-state index in [1.54, 1.807) is 12.1 Å². The van der Waals surface area contributed by atoms with Crippen LogP contribution >= 0.6 is 0 Å². The molecule has 4 atom stereocenters. The van der Waals surface area contributed by atoms with Gasteiger partial charge in [0, 0.05) is 6.42 Å². The number of nitrogens with one attached hydrogen (secondary N) is 1. The summed E-state index contributed by atoms with van der Waals surface area (Å²) in [5.41, 5.74) is -2.95. The van der Waals surface area contributed by atoms with E-state index in [9.17, 15) is 15.8 Å². The third-order valence-electron chi connectivity index (χ3n) is 7.77. The van der Waals surface area contributed by atoms with Crippen LogP contribution in [0.3, 0.4) is 0 Å². The Morgan fingerprint density at radius 3 is 2.41 bits per heavy atom. The van der Waals surface area contributed by atoms with Crippen LogP contribution in [0, 0.1) is 56.2 Å². The summed E-state index contributed by atoms with van der Waals surface area (Å²) in [6.07, 6.45) is 8.54. The first-order valence-electron chi connectivity index (χ1n) is 12.5. The maximum absolute atomic E-state index is 10.4. The second kappa shape index (κ2) is 9.65. The molecule has 4 unspecified atom stereocenters. The van der Waals surface area contributed by atoms with Gasteiger partial charge in [-0.1, -0.05) is 57.6 Å². The van der Waals surface area contributed by atoms with Crippen molar-refractivity contribution in [2.45, 2.75) is 83.0 Å². The van der Waals surface area contributed by atoms with Crippen LogP contribution in [0.5, 0.6) is 5.75 Å². The van der Waals surface area contributed by atoms with Crippen molar-refractivity contribution < 1.29 is 14.2 Å². The maximum atomic E-state index is 10.4. The number of unbranched alkanes of at least 4 members (excludes halogenated alkanes) is 4. The van der Waals surface area contributed by atoms with Crippen LogP contribution in [0.25, 0.3) is 0 Å². The molecule has 0 aromatic heterocycles. The van der Waals surface area contributed by atoms with Gasteiger partial charge in [0.05, 0.1) is 30.7 Å². The third kappa shape index (κ3) is 3.53. The normalized spacial score (nSPS) is 31.2. The molecule has 1 aliphatic carbocycles. The van der Waals surface area contributed by atoms with Crippen molar-refractivity contribution in [1.82, 2.24) is 0 Å². The average Bonchev–Trinajstić information content (AvgIpc) is 2.98. The van der Waals surface area contributed by atoms with Crippen LogP contribution in [0.2, 0.25) is 0 Å². The number of hydrogen-bond acceptors (Lipinski definition) is 7. The Hall–Kier alpha value is -3.08. The highest BCUT2D eigenvalue weighted by Crippen LogP contribution is 2.69. The lowest BCUT2D eigenvalue weighted by Crippen LogP contribution is -2.59. The minimum Gasteiger partial charge on any atom is -0.494 e. The molecule has 2 aliphatic heterocycles. The average molecular weight is 461 g/mol. The van der Waals surface area contributed by atoms with Gasteiger partial charge in [-0.2, -0.15) is 15.8 Å². The molecule has 4 rings (SSSR count). The molecular weight excluding hydrogens is 428 g/mol. The van der Waals surface area contributed by atoms with Gasteiger partial charge in [-0.25, -0.2) is 0 Å². The number of ether oxygens (including phenoxy) is 3. The van der Waals surface area contributed by atoms with E-state index in [-0.39, 0.29) is 5.90 Å². The lowest BCUT2D eigenvalue weighted by Gasteiger charge is -2.49. The van der Waals surface area contributed by atoms with Gasteiger partial charge in [-0.15, -0.1) is 0 Å². The van der Waals surface area contributed by atoms with E-state index in [0.717, 1.165) is 32.1 Å². The highest BCUT2D eigenvalue weighted by atomic mass is 16.7. The van der Waals surface area contributed by atoms with Crippen LogP contribution in [0.4, 0.5) is 0 Å². The van der Waals surface area contributed by atoms with Crippen LogP contribution < -0.4 is 4.74 Å². The number of rotatable bonds is 8. The van der Waals surface area contributed by atoms with Crippen molar-refractivity contribution in [2.24, 2.45) is 16.7 Å². The van der Waals surface area contributed by atoms with Gasteiger partial charge < -0.3 is 14.2 Å². The molecule has 0 spiro atoms. The highest BCUT2D eigenvalue weighted by Gasteiger charge is 2.80. The molecule has 2 saturated heterocycles. The van der Waals surface area contributed by atoms with E-state index in [1.807, 2.05) is 12.1 Å². The topological polar surface area (TPSA) is 123 Å². The largest absolute Gasteiger partial charge is 0.494 e. The molecule has 0 radical (unpaired) electrons.